The van der Waals surface area contributed by atoms with Crippen molar-refractivity contribution in [1.29, 1.82) is 0 Å². The minimum atomic E-state index is -0.216. The normalized spacial score (nSPS) is 10.4. The highest BCUT2D eigenvalue weighted by molar-refractivity contribution is 5.46. The zero-order chi connectivity index (χ0) is 16.6. The van der Waals surface area contributed by atoms with Crippen LogP contribution in [0.15, 0.2) is 61.2 Å². The molecule has 2 aromatic heterocycles. The zero-order valence-electron chi connectivity index (χ0n) is 13.1. The summed E-state index contributed by atoms with van der Waals surface area (Å²) in [6.07, 6.45) is 5.88. The number of halogens is 1. The quantitative estimate of drug-likeness (QED) is 0.699. The Kier molecular flexibility index (Phi) is 5.29. The fraction of sp³-hybridized carbons (Fsp3) is 0.167. The van der Waals surface area contributed by atoms with Crippen LogP contribution in [0.2, 0.25) is 0 Å². The molecular weight excluding hydrogens is 305 g/mol. The molecule has 0 atom stereocenters. The minimum Gasteiger partial charge on any atom is -0.370 e. The van der Waals surface area contributed by atoms with E-state index in [-0.39, 0.29) is 5.82 Å². The standard InChI is InChI=1S/C18H18FN5/c19-16-5-3-14(4-6-16)7-9-21-17-10-18(24-13-23-17)22-12-15-2-1-8-20-11-15/h1-6,8,10-11,13H,7,9,12H2,(H2,21,22,23,24). The van der Waals surface area contributed by atoms with E-state index in [0.29, 0.717) is 13.1 Å². The summed E-state index contributed by atoms with van der Waals surface area (Å²) in [7, 11) is 0. The number of benzene rings is 1. The van der Waals surface area contributed by atoms with Gasteiger partial charge in [0.1, 0.15) is 23.8 Å². The largest absolute Gasteiger partial charge is 0.370 e. The number of hydrogen-bond acceptors (Lipinski definition) is 5. The number of nitrogens with one attached hydrogen (secondary N) is 2. The Morgan fingerprint density at radius 2 is 1.71 bits per heavy atom. The van der Waals surface area contributed by atoms with Gasteiger partial charge in [0.05, 0.1) is 0 Å². The third-order valence-electron chi connectivity index (χ3n) is 3.50. The molecule has 0 saturated heterocycles. The first-order valence-corrected chi connectivity index (χ1v) is 7.73. The molecule has 5 nitrogen and oxygen atoms in total. The highest BCUT2D eigenvalue weighted by Gasteiger charge is 2.00. The topological polar surface area (TPSA) is 62.7 Å². The molecule has 0 amide bonds. The molecule has 0 fully saturated rings. The van der Waals surface area contributed by atoms with E-state index in [2.05, 4.69) is 25.6 Å². The number of aromatic nitrogens is 3. The van der Waals surface area contributed by atoms with E-state index >= 15 is 0 Å². The molecule has 0 bridgehead atoms. The monoisotopic (exact) mass is 323 g/mol. The lowest BCUT2D eigenvalue weighted by Gasteiger charge is -2.09. The molecule has 6 heteroatoms. The lowest BCUT2D eigenvalue weighted by atomic mass is 10.1. The zero-order valence-corrected chi connectivity index (χ0v) is 13.1. The summed E-state index contributed by atoms with van der Waals surface area (Å²) in [4.78, 5) is 12.5. The van der Waals surface area contributed by atoms with E-state index < -0.39 is 0 Å². The van der Waals surface area contributed by atoms with Crippen molar-refractivity contribution in [2.24, 2.45) is 0 Å². The number of pyridine rings is 1. The molecule has 0 unspecified atom stereocenters. The maximum absolute atomic E-state index is 12.9. The minimum absolute atomic E-state index is 0.216. The Morgan fingerprint density at radius 1 is 0.917 bits per heavy atom. The van der Waals surface area contributed by atoms with E-state index in [1.165, 1.54) is 18.5 Å². The number of nitrogens with zero attached hydrogens (tertiary/aromatic N) is 3. The van der Waals surface area contributed by atoms with Gasteiger partial charge in [0, 0.05) is 31.5 Å². The van der Waals surface area contributed by atoms with Crippen molar-refractivity contribution in [2.75, 3.05) is 17.2 Å². The molecule has 3 rings (SSSR count). The first-order valence-electron chi connectivity index (χ1n) is 7.73. The van der Waals surface area contributed by atoms with Crippen LogP contribution in [0.5, 0.6) is 0 Å². The summed E-state index contributed by atoms with van der Waals surface area (Å²) in [6.45, 7) is 1.37. The first kappa shape index (κ1) is 15.9. The van der Waals surface area contributed by atoms with Crippen molar-refractivity contribution in [1.82, 2.24) is 15.0 Å². The van der Waals surface area contributed by atoms with Crippen molar-refractivity contribution in [3.63, 3.8) is 0 Å². The van der Waals surface area contributed by atoms with Crippen molar-refractivity contribution >= 4 is 11.6 Å². The summed E-state index contributed by atoms with van der Waals surface area (Å²) >= 11 is 0. The van der Waals surface area contributed by atoms with Crippen LogP contribution < -0.4 is 10.6 Å². The van der Waals surface area contributed by atoms with E-state index in [1.54, 1.807) is 18.3 Å². The molecule has 3 aromatic rings. The SMILES string of the molecule is Fc1ccc(CCNc2cc(NCc3cccnc3)ncn2)cc1. The second kappa shape index (κ2) is 8.01. The van der Waals surface area contributed by atoms with E-state index in [0.717, 1.165) is 29.2 Å². The number of hydrogen-bond donors (Lipinski definition) is 2. The van der Waals surface area contributed by atoms with Gasteiger partial charge in [-0.15, -0.1) is 0 Å². The summed E-state index contributed by atoms with van der Waals surface area (Å²) < 4.78 is 12.9. The summed E-state index contributed by atoms with van der Waals surface area (Å²) in [5.41, 5.74) is 2.16. The second-order valence-electron chi connectivity index (χ2n) is 5.31. The van der Waals surface area contributed by atoms with Gasteiger partial charge in [-0.25, -0.2) is 14.4 Å². The summed E-state index contributed by atoms with van der Waals surface area (Å²) in [5.74, 6) is 1.28. The molecule has 0 saturated carbocycles. The molecule has 24 heavy (non-hydrogen) atoms. The lowest BCUT2D eigenvalue weighted by Crippen LogP contribution is -2.08. The predicted octanol–water partition coefficient (Wildman–Crippen LogP) is 3.28. The Bertz CT molecular complexity index is 762. The highest BCUT2D eigenvalue weighted by atomic mass is 19.1. The first-order chi connectivity index (χ1) is 11.8. The summed E-state index contributed by atoms with van der Waals surface area (Å²) in [6, 6.07) is 12.3. The average Bonchev–Trinajstić information content (AvgIpc) is 2.63. The lowest BCUT2D eigenvalue weighted by molar-refractivity contribution is 0.627. The fourth-order valence-electron chi connectivity index (χ4n) is 2.23. The van der Waals surface area contributed by atoms with E-state index in [1.807, 2.05) is 24.4 Å². The molecular formula is C18H18FN5. The van der Waals surface area contributed by atoms with Crippen molar-refractivity contribution < 1.29 is 4.39 Å². The molecule has 0 radical (unpaired) electrons. The van der Waals surface area contributed by atoms with Crippen LogP contribution in [-0.2, 0) is 13.0 Å². The van der Waals surface area contributed by atoms with Crippen LogP contribution in [0, 0.1) is 5.82 Å². The van der Waals surface area contributed by atoms with Gasteiger partial charge in [-0.2, -0.15) is 0 Å². The molecule has 2 N–H and O–H groups in total. The molecule has 2 heterocycles. The predicted molar refractivity (Wildman–Crippen MR) is 92.2 cm³/mol. The van der Waals surface area contributed by atoms with Crippen LogP contribution in [0.3, 0.4) is 0 Å². The smallest absolute Gasteiger partial charge is 0.131 e. The fourth-order valence-corrected chi connectivity index (χ4v) is 2.23. The average molecular weight is 323 g/mol. The Balaban J connectivity index is 1.50. The molecule has 0 aliphatic heterocycles. The van der Waals surface area contributed by atoms with Gasteiger partial charge in [0.25, 0.3) is 0 Å². The van der Waals surface area contributed by atoms with Gasteiger partial charge in [-0.3, -0.25) is 4.98 Å². The maximum Gasteiger partial charge on any atom is 0.131 e. The Hall–Kier alpha value is -3.02. The number of rotatable bonds is 7. The van der Waals surface area contributed by atoms with Crippen LogP contribution >= 0.6 is 0 Å². The highest BCUT2D eigenvalue weighted by Crippen LogP contribution is 2.10. The number of anilines is 2. The Labute approximate surface area is 140 Å². The van der Waals surface area contributed by atoms with Gasteiger partial charge in [0.15, 0.2) is 0 Å². The van der Waals surface area contributed by atoms with Crippen LogP contribution in [-0.4, -0.2) is 21.5 Å². The summed E-state index contributed by atoms with van der Waals surface area (Å²) in [5, 5.41) is 6.49. The van der Waals surface area contributed by atoms with Gasteiger partial charge in [0.2, 0.25) is 0 Å². The van der Waals surface area contributed by atoms with Gasteiger partial charge < -0.3 is 10.6 Å². The van der Waals surface area contributed by atoms with Gasteiger partial charge in [-0.1, -0.05) is 18.2 Å². The van der Waals surface area contributed by atoms with Crippen LogP contribution in [0.25, 0.3) is 0 Å². The van der Waals surface area contributed by atoms with Crippen LogP contribution in [0.1, 0.15) is 11.1 Å². The van der Waals surface area contributed by atoms with E-state index in [9.17, 15) is 4.39 Å². The maximum atomic E-state index is 12.9. The molecule has 0 aliphatic rings. The van der Waals surface area contributed by atoms with E-state index in [4.69, 9.17) is 0 Å². The van der Waals surface area contributed by atoms with Crippen molar-refractivity contribution in [3.8, 4) is 0 Å². The molecule has 1 aromatic carbocycles. The van der Waals surface area contributed by atoms with Crippen LogP contribution in [0.4, 0.5) is 16.0 Å². The third kappa shape index (κ3) is 4.74. The van der Waals surface area contributed by atoms with Crippen molar-refractivity contribution in [2.45, 2.75) is 13.0 Å². The Morgan fingerprint density at radius 3 is 2.46 bits per heavy atom. The van der Waals surface area contributed by atoms with Gasteiger partial charge >= 0.3 is 0 Å². The molecule has 122 valence electrons. The third-order valence-corrected chi connectivity index (χ3v) is 3.50. The van der Waals surface area contributed by atoms with Gasteiger partial charge in [-0.05, 0) is 35.7 Å². The molecule has 0 spiro atoms. The molecule has 0 aliphatic carbocycles. The second-order valence-corrected chi connectivity index (χ2v) is 5.31. The van der Waals surface area contributed by atoms with Crippen molar-refractivity contribution in [3.05, 3.63) is 78.1 Å².